The maximum atomic E-state index is 12.8. The van der Waals surface area contributed by atoms with E-state index in [0.717, 1.165) is 12.0 Å². The van der Waals surface area contributed by atoms with Crippen LogP contribution in [-0.2, 0) is 11.4 Å². The van der Waals surface area contributed by atoms with Crippen LogP contribution < -0.4 is 15.4 Å². The van der Waals surface area contributed by atoms with E-state index in [1.165, 1.54) is 12.1 Å². The number of hydrogen-bond acceptors (Lipinski definition) is 4. The van der Waals surface area contributed by atoms with Crippen molar-refractivity contribution in [2.24, 2.45) is 0 Å². The summed E-state index contributed by atoms with van der Waals surface area (Å²) in [5.41, 5.74) is 7.90. The molecule has 0 saturated carbocycles. The summed E-state index contributed by atoms with van der Waals surface area (Å²) in [4.78, 5) is 17.6. The van der Waals surface area contributed by atoms with Gasteiger partial charge in [0.05, 0.1) is 17.6 Å². The Morgan fingerprint density at radius 1 is 1.32 bits per heavy atom. The molecule has 0 bridgehead atoms. The van der Waals surface area contributed by atoms with E-state index in [1.54, 1.807) is 29.3 Å². The van der Waals surface area contributed by atoms with Crippen LogP contribution in [0.4, 0.5) is 15.8 Å². The zero-order valence-electron chi connectivity index (χ0n) is 12.0. The Morgan fingerprint density at radius 2 is 2.09 bits per heavy atom. The van der Waals surface area contributed by atoms with Crippen LogP contribution in [0.1, 0.15) is 18.4 Å². The second kappa shape index (κ2) is 6.01. The van der Waals surface area contributed by atoms with E-state index < -0.39 is 0 Å². The molecule has 3 rings (SSSR count). The Morgan fingerprint density at radius 3 is 2.73 bits per heavy atom. The maximum absolute atomic E-state index is 12.8. The minimum atomic E-state index is -0.286. The molecular weight excluding hydrogens is 285 g/mol. The summed E-state index contributed by atoms with van der Waals surface area (Å²) < 4.78 is 18.4. The number of nitrogens with zero attached hydrogens (tertiary/aromatic N) is 2. The number of nitrogen functional groups attached to an aromatic ring is 1. The van der Waals surface area contributed by atoms with Crippen molar-refractivity contribution in [2.45, 2.75) is 19.4 Å². The molecule has 1 aliphatic heterocycles. The van der Waals surface area contributed by atoms with Gasteiger partial charge in [-0.15, -0.1) is 0 Å². The predicted octanol–water partition coefficient (Wildman–Crippen LogP) is 2.51. The highest BCUT2D eigenvalue weighted by atomic mass is 19.1. The Kier molecular flexibility index (Phi) is 3.91. The lowest BCUT2D eigenvalue weighted by atomic mass is 10.2. The van der Waals surface area contributed by atoms with Crippen LogP contribution in [0.5, 0.6) is 5.88 Å². The molecule has 5 nitrogen and oxygen atoms in total. The molecule has 1 aromatic heterocycles. The third-order valence-corrected chi connectivity index (χ3v) is 3.55. The van der Waals surface area contributed by atoms with Gasteiger partial charge in [0.1, 0.15) is 12.4 Å². The Bertz CT molecular complexity index is 688. The molecule has 22 heavy (non-hydrogen) atoms. The normalized spacial score (nSPS) is 14.4. The van der Waals surface area contributed by atoms with Crippen molar-refractivity contribution in [2.75, 3.05) is 17.2 Å². The van der Waals surface area contributed by atoms with Crippen LogP contribution in [0, 0.1) is 5.82 Å². The molecule has 1 aromatic carbocycles. The monoisotopic (exact) mass is 301 g/mol. The third-order valence-electron chi connectivity index (χ3n) is 3.55. The molecular formula is C16H16FN3O2. The molecule has 0 radical (unpaired) electrons. The summed E-state index contributed by atoms with van der Waals surface area (Å²) in [5.74, 6) is 0.149. The molecule has 0 unspecified atom stereocenters. The predicted molar refractivity (Wildman–Crippen MR) is 81.0 cm³/mol. The number of pyridine rings is 1. The minimum Gasteiger partial charge on any atom is -0.473 e. The maximum Gasteiger partial charge on any atom is 0.227 e. The van der Waals surface area contributed by atoms with Crippen molar-refractivity contribution >= 4 is 17.3 Å². The van der Waals surface area contributed by atoms with Gasteiger partial charge in [0.2, 0.25) is 11.8 Å². The SMILES string of the molecule is Nc1cc(OCc2ccc(F)cc2)ncc1N1CCCC1=O. The molecule has 1 fully saturated rings. The number of ether oxygens (including phenoxy) is 1. The van der Waals surface area contributed by atoms with Gasteiger partial charge in [0.25, 0.3) is 0 Å². The minimum absolute atomic E-state index is 0.0634. The van der Waals surface area contributed by atoms with Crippen LogP contribution in [0.3, 0.4) is 0 Å². The highest BCUT2D eigenvalue weighted by molar-refractivity contribution is 5.97. The van der Waals surface area contributed by atoms with Crippen LogP contribution in [0.2, 0.25) is 0 Å². The van der Waals surface area contributed by atoms with Crippen molar-refractivity contribution in [1.82, 2.24) is 4.98 Å². The first-order chi connectivity index (χ1) is 10.6. The molecule has 1 saturated heterocycles. The number of nitrogens with two attached hydrogens (primary N) is 1. The van der Waals surface area contributed by atoms with E-state index in [4.69, 9.17) is 10.5 Å². The summed E-state index contributed by atoms with van der Waals surface area (Å²) in [6, 6.07) is 7.65. The summed E-state index contributed by atoms with van der Waals surface area (Å²) in [6.07, 6.45) is 2.93. The third kappa shape index (κ3) is 3.00. The van der Waals surface area contributed by atoms with Crippen molar-refractivity contribution < 1.29 is 13.9 Å². The average molecular weight is 301 g/mol. The van der Waals surface area contributed by atoms with E-state index >= 15 is 0 Å². The van der Waals surface area contributed by atoms with Crippen molar-refractivity contribution in [1.29, 1.82) is 0 Å². The van der Waals surface area contributed by atoms with E-state index in [1.807, 2.05) is 0 Å². The highest BCUT2D eigenvalue weighted by Crippen LogP contribution is 2.29. The largest absolute Gasteiger partial charge is 0.473 e. The highest BCUT2D eigenvalue weighted by Gasteiger charge is 2.23. The number of rotatable bonds is 4. The number of halogens is 1. The Labute approximate surface area is 127 Å². The van der Waals surface area contributed by atoms with Gasteiger partial charge in [-0.25, -0.2) is 9.37 Å². The van der Waals surface area contributed by atoms with Gasteiger partial charge in [-0.3, -0.25) is 4.79 Å². The molecule has 114 valence electrons. The Hall–Kier alpha value is -2.63. The molecule has 6 heteroatoms. The zero-order valence-corrected chi connectivity index (χ0v) is 12.0. The molecule has 1 amide bonds. The second-order valence-corrected chi connectivity index (χ2v) is 5.15. The fraction of sp³-hybridized carbons (Fsp3) is 0.250. The number of aromatic nitrogens is 1. The lowest BCUT2D eigenvalue weighted by molar-refractivity contribution is -0.117. The van der Waals surface area contributed by atoms with Gasteiger partial charge in [-0.05, 0) is 24.1 Å². The number of amides is 1. The number of hydrogen-bond donors (Lipinski definition) is 1. The van der Waals surface area contributed by atoms with Gasteiger partial charge in [-0.1, -0.05) is 12.1 Å². The molecule has 0 aliphatic carbocycles. The van der Waals surface area contributed by atoms with Gasteiger partial charge in [0.15, 0.2) is 0 Å². The smallest absolute Gasteiger partial charge is 0.227 e. The second-order valence-electron chi connectivity index (χ2n) is 5.15. The summed E-state index contributed by atoms with van der Waals surface area (Å²) in [7, 11) is 0. The molecule has 0 atom stereocenters. The van der Waals surface area contributed by atoms with E-state index in [0.29, 0.717) is 30.2 Å². The topological polar surface area (TPSA) is 68.5 Å². The first-order valence-electron chi connectivity index (χ1n) is 7.06. The summed E-state index contributed by atoms with van der Waals surface area (Å²) >= 11 is 0. The number of anilines is 2. The van der Waals surface area contributed by atoms with Gasteiger partial charge < -0.3 is 15.4 Å². The van der Waals surface area contributed by atoms with Gasteiger partial charge in [-0.2, -0.15) is 0 Å². The lowest BCUT2D eigenvalue weighted by Gasteiger charge is -2.17. The number of carbonyl (C=O) groups is 1. The molecule has 2 aromatic rings. The fourth-order valence-electron chi connectivity index (χ4n) is 2.39. The first kappa shape index (κ1) is 14.3. The van der Waals surface area contributed by atoms with Crippen LogP contribution >= 0.6 is 0 Å². The van der Waals surface area contributed by atoms with Crippen molar-refractivity contribution in [3.8, 4) is 5.88 Å². The molecule has 2 N–H and O–H groups in total. The first-order valence-corrected chi connectivity index (χ1v) is 7.06. The van der Waals surface area contributed by atoms with E-state index in [9.17, 15) is 9.18 Å². The van der Waals surface area contributed by atoms with Crippen LogP contribution in [0.15, 0.2) is 36.5 Å². The zero-order chi connectivity index (χ0) is 15.5. The van der Waals surface area contributed by atoms with Crippen LogP contribution in [-0.4, -0.2) is 17.4 Å². The van der Waals surface area contributed by atoms with Gasteiger partial charge in [0, 0.05) is 19.0 Å². The van der Waals surface area contributed by atoms with E-state index in [-0.39, 0.29) is 18.3 Å². The van der Waals surface area contributed by atoms with Crippen LogP contribution in [0.25, 0.3) is 0 Å². The Balaban J connectivity index is 1.69. The number of benzene rings is 1. The summed E-state index contributed by atoms with van der Waals surface area (Å²) in [5, 5.41) is 0. The average Bonchev–Trinajstić information content (AvgIpc) is 2.93. The van der Waals surface area contributed by atoms with Crippen molar-refractivity contribution in [3.63, 3.8) is 0 Å². The van der Waals surface area contributed by atoms with Gasteiger partial charge >= 0.3 is 0 Å². The van der Waals surface area contributed by atoms with E-state index in [2.05, 4.69) is 4.98 Å². The molecule has 1 aliphatic rings. The number of carbonyl (C=O) groups excluding carboxylic acids is 1. The lowest BCUT2D eigenvalue weighted by Crippen LogP contribution is -2.24. The standard InChI is InChI=1S/C16H16FN3O2/c17-12-5-3-11(4-6-12)10-22-15-8-13(18)14(9-19-15)20-7-1-2-16(20)21/h3-6,8-9H,1-2,7,10H2,(H2,18,19). The fourth-order valence-corrected chi connectivity index (χ4v) is 2.39. The molecule has 2 heterocycles. The summed E-state index contributed by atoms with van der Waals surface area (Å²) in [6.45, 7) is 0.940. The quantitative estimate of drug-likeness (QED) is 0.942. The van der Waals surface area contributed by atoms with Crippen molar-refractivity contribution in [3.05, 3.63) is 47.9 Å². The molecule has 0 spiro atoms.